The molecule has 1 amide bonds. The first kappa shape index (κ1) is 20.1. The fraction of sp³-hybridized carbons (Fsp3) is 0.467. The molecule has 0 bridgehead atoms. The van der Waals surface area contributed by atoms with Gasteiger partial charge in [0.05, 0.1) is 0 Å². The number of oxime groups is 1. The molecule has 0 aliphatic rings. The quantitative estimate of drug-likeness (QED) is 0.257. The molecular weight excluding hydrogens is 352 g/mol. The van der Waals surface area contributed by atoms with Crippen LogP contribution in [0.5, 0.6) is 0 Å². The van der Waals surface area contributed by atoms with Crippen molar-refractivity contribution in [2.75, 3.05) is 13.3 Å². The van der Waals surface area contributed by atoms with E-state index in [9.17, 15) is 9.00 Å². The third-order valence-electron chi connectivity index (χ3n) is 2.92. The number of thioether (sulfide) groups is 1. The molecule has 1 aromatic rings. The minimum atomic E-state index is -1.59. The fourth-order valence-corrected chi connectivity index (χ4v) is 3.54. The van der Waals surface area contributed by atoms with Crippen LogP contribution >= 0.6 is 22.6 Å². The summed E-state index contributed by atoms with van der Waals surface area (Å²) in [6, 6.07) is 7.81. The lowest BCUT2D eigenvalue weighted by Gasteiger charge is -2.19. The Morgan fingerprint density at radius 3 is 2.30 bits per heavy atom. The van der Waals surface area contributed by atoms with E-state index in [1.807, 2.05) is 30.5 Å². The van der Waals surface area contributed by atoms with E-state index < -0.39 is 16.1 Å². The predicted octanol–water partition coefficient (Wildman–Crippen LogP) is 4.42. The summed E-state index contributed by atoms with van der Waals surface area (Å²) in [5.74, 6) is 0. The highest BCUT2D eigenvalue weighted by Gasteiger charge is 2.19. The molecule has 23 heavy (non-hydrogen) atoms. The molecule has 5 nitrogen and oxygen atoms in total. The Hall–Kier alpha value is -0.990. The SMILES string of the molecule is CSC(C)=NOC(=O)N(C)S(=O)Sc1ccc(C(C)(C)C)cc1. The standard InChI is InChI=1S/C15H22N2O3S3/c1-11(21-6)16-20-14(18)17(5)23(19)22-13-9-7-12(8-10-13)15(2,3)4/h7-10H,1-6H3. The number of hydrogen-bond donors (Lipinski definition) is 0. The number of hydrogen-bond acceptors (Lipinski definition) is 6. The fourth-order valence-electron chi connectivity index (χ4n) is 1.41. The van der Waals surface area contributed by atoms with Crippen LogP contribution in [0.15, 0.2) is 34.3 Å². The van der Waals surface area contributed by atoms with Gasteiger partial charge in [0.1, 0.15) is 5.04 Å². The molecule has 1 rings (SSSR count). The summed E-state index contributed by atoms with van der Waals surface area (Å²) < 4.78 is 13.2. The van der Waals surface area contributed by atoms with Gasteiger partial charge in [-0.05, 0) is 47.1 Å². The Bertz CT molecular complexity index is 595. The molecule has 1 unspecified atom stereocenters. The van der Waals surface area contributed by atoms with E-state index in [0.29, 0.717) is 5.04 Å². The topological polar surface area (TPSA) is 59.0 Å². The molecule has 0 fully saturated rings. The molecule has 0 saturated heterocycles. The molecule has 0 aromatic heterocycles. The van der Waals surface area contributed by atoms with Crippen molar-refractivity contribution in [1.29, 1.82) is 0 Å². The summed E-state index contributed by atoms with van der Waals surface area (Å²) >= 11 is 1.37. The first-order valence-electron chi connectivity index (χ1n) is 6.89. The zero-order valence-electron chi connectivity index (χ0n) is 14.2. The number of carbonyl (C=O) groups is 1. The summed E-state index contributed by atoms with van der Waals surface area (Å²) in [7, 11) is 0.908. The van der Waals surface area contributed by atoms with Gasteiger partial charge in [-0.15, -0.1) is 11.8 Å². The van der Waals surface area contributed by atoms with Gasteiger partial charge in [-0.2, -0.15) is 0 Å². The zero-order valence-corrected chi connectivity index (χ0v) is 16.6. The van der Waals surface area contributed by atoms with Crippen molar-refractivity contribution < 1.29 is 13.8 Å². The molecule has 0 aliphatic heterocycles. The van der Waals surface area contributed by atoms with Crippen LogP contribution < -0.4 is 0 Å². The van der Waals surface area contributed by atoms with Crippen LogP contribution in [0.1, 0.15) is 33.3 Å². The van der Waals surface area contributed by atoms with Gasteiger partial charge in [0.2, 0.25) is 0 Å². The largest absolute Gasteiger partial charge is 0.448 e. The second-order valence-corrected chi connectivity index (χ2v) is 9.72. The molecule has 0 radical (unpaired) electrons. The highest BCUT2D eigenvalue weighted by molar-refractivity contribution is 8.68. The van der Waals surface area contributed by atoms with Crippen molar-refractivity contribution >= 4 is 43.7 Å². The molecule has 1 atom stereocenters. The van der Waals surface area contributed by atoms with Gasteiger partial charge < -0.3 is 0 Å². The van der Waals surface area contributed by atoms with Crippen molar-refractivity contribution in [1.82, 2.24) is 4.31 Å². The van der Waals surface area contributed by atoms with Crippen molar-refractivity contribution in [3.8, 4) is 0 Å². The molecule has 0 aliphatic carbocycles. The smallest absolute Gasteiger partial charge is 0.296 e. The van der Waals surface area contributed by atoms with Crippen LogP contribution in [0.2, 0.25) is 0 Å². The third-order valence-corrected chi connectivity index (χ3v) is 6.46. The first-order valence-corrected chi connectivity index (χ1v) is 10.6. The van der Waals surface area contributed by atoms with Gasteiger partial charge in [0, 0.05) is 11.9 Å². The molecule has 0 saturated carbocycles. The summed E-state index contributed by atoms with van der Waals surface area (Å²) in [5, 5.41) is 4.25. The van der Waals surface area contributed by atoms with Crippen LogP contribution in [0.25, 0.3) is 0 Å². The Labute approximate surface area is 148 Å². The summed E-state index contributed by atoms with van der Waals surface area (Å²) in [5.41, 5.74) is 1.26. The maximum Gasteiger partial charge on any atom is 0.448 e. The van der Waals surface area contributed by atoms with Crippen LogP contribution in [0, 0.1) is 0 Å². The summed E-state index contributed by atoms with van der Waals surface area (Å²) in [6.45, 7) is 8.12. The Balaban J connectivity index is 2.66. The molecule has 0 spiro atoms. The maximum atomic E-state index is 12.2. The highest BCUT2D eigenvalue weighted by atomic mass is 33.1. The second-order valence-electron chi connectivity index (χ2n) is 5.74. The highest BCUT2D eigenvalue weighted by Crippen LogP contribution is 2.28. The van der Waals surface area contributed by atoms with E-state index in [-0.39, 0.29) is 5.41 Å². The van der Waals surface area contributed by atoms with E-state index in [1.165, 1.54) is 24.4 Å². The van der Waals surface area contributed by atoms with Gasteiger partial charge in [-0.3, -0.25) is 4.84 Å². The molecule has 0 N–H and O–H groups in total. The van der Waals surface area contributed by atoms with Crippen LogP contribution in [0.3, 0.4) is 0 Å². The van der Waals surface area contributed by atoms with E-state index in [1.54, 1.807) is 6.92 Å². The van der Waals surface area contributed by atoms with Gasteiger partial charge in [-0.1, -0.05) is 38.1 Å². The Kier molecular flexibility index (Phi) is 7.63. The van der Waals surface area contributed by atoms with Gasteiger partial charge in [0.25, 0.3) is 0 Å². The van der Waals surface area contributed by atoms with E-state index in [4.69, 9.17) is 4.84 Å². The van der Waals surface area contributed by atoms with Crippen LogP contribution in [-0.4, -0.2) is 33.0 Å². The van der Waals surface area contributed by atoms with Gasteiger partial charge in [-0.25, -0.2) is 13.3 Å². The van der Waals surface area contributed by atoms with Crippen LogP contribution in [0.4, 0.5) is 4.79 Å². The zero-order chi connectivity index (χ0) is 17.6. The molecule has 128 valence electrons. The number of nitrogens with zero attached hydrogens (tertiary/aromatic N) is 2. The summed E-state index contributed by atoms with van der Waals surface area (Å²) in [6.07, 6.45) is 1.07. The maximum absolute atomic E-state index is 12.2. The van der Waals surface area contributed by atoms with Gasteiger partial charge in [0.15, 0.2) is 10.0 Å². The minimum absolute atomic E-state index is 0.0656. The Morgan fingerprint density at radius 1 is 1.26 bits per heavy atom. The lowest BCUT2D eigenvalue weighted by atomic mass is 9.87. The molecular formula is C15H22N2O3S3. The van der Waals surface area contributed by atoms with Crippen LogP contribution in [-0.2, 0) is 20.3 Å². The normalized spacial score (nSPS) is 13.6. The van der Waals surface area contributed by atoms with Gasteiger partial charge >= 0.3 is 6.09 Å². The molecule has 0 heterocycles. The number of rotatable bonds is 4. The monoisotopic (exact) mass is 374 g/mol. The third kappa shape index (κ3) is 6.56. The minimum Gasteiger partial charge on any atom is -0.296 e. The summed E-state index contributed by atoms with van der Waals surface area (Å²) in [4.78, 5) is 17.3. The van der Waals surface area contributed by atoms with Crippen molar-refractivity contribution in [2.45, 2.75) is 38.0 Å². The predicted molar refractivity (Wildman–Crippen MR) is 100 cm³/mol. The number of carbonyl (C=O) groups excluding carboxylic acids is 1. The molecule has 8 heteroatoms. The van der Waals surface area contributed by atoms with Crippen molar-refractivity contribution in [3.05, 3.63) is 29.8 Å². The van der Waals surface area contributed by atoms with E-state index in [0.717, 1.165) is 20.0 Å². The van der Waals surface area contributed by atoms with E-state index >= 15 is 0 Å². The molecule has 1 aromatic carbocycles. The lowest BCUT2D eigenvalue weighted by Crippen LogP contribution is -2.26. The second kappa shape index (κ2) is 8.75. The average molecular weight is 375 g/mol. The first-order chi connectivity index (χ1) is 10.6. The number of benzene rings is 1. The van der Waals surface area contributed by atoms with E-state index in [2.05, 4.69) is 25.9 Å². The van der Waals surface area contributed by atoms with Crippen molar-refractivity contribution in [3.63, 3.8) is 0 Å². The Morgan fingerprint density at radius 2 is 1.83 bits per heavy atom. The average Bonchev–Trinajstić information content (AvgIpc) is 2.50. The lowest BCUT2D eigenvalue weighted by molar-refractivity contribution is 0.136. The van der Waals surface area contributed by atoms with Crippen molar-refractivity contribution in [2.24, 2.45) is 5.16 Å². The number of amides is 1.